The summed E-state index contributed by atoms with van der Waals surface area (Å²) >= 11 is 0. The van der Waals surface area contributed by atoms with Crippen LogP contribution >= 0.6 is 0 Å². The van der Waals surface area contributed by atoms with Gasteiger partial charge < -0.3 is 10.2 Å². The number of carboxylic acids is 2. The molecule has 0 aliphatic heterocycles. The number of para-hydroxylation sites is 1. The summed E-state index contributed by atoms with van der Waals surface area (Å²) in [7, 11) is -4.49. The minimum atomic E-state index is -4.49. The number of nitrogens with one attached hydrogen (secondary N) is 1. The molecule has 5 aromatic rings. The van der Waals surface area contributed by atoms with Crippen LogP contribution in [0.5, 0.6) is 0 Å². The van der Waals surface area contributed by atoms with Crippen molar-refractivity contribution in [1.82, 2.24) is 4.98 Å². The van der Waals surface area contributed by atoms with Gasteiger partial charge in [-0.3, -0.25) is 14.3 Å². The number of rotatable bonds is 6. The van der Waals surface area contributed by atoms with E-state index in [0.717, 1.165) is 29.0 Å². The van der Waals surface area contributed by atoms with Gasteiger partial charge in [-0.25, -0.2) is 23.0 Å². The van der Waals surface area contributed by atoms with Gasteiger partial charge in [-0.15, -0.1) is 0 Å². The monoisotopic (exact) mass is 566 g/mol. The van der Waals surface area contributed by atoms with Gasteiger partial charge in [0.15, 0.2) is 11.6 Å². The topological polar surface area (TPSA) is 168 Å². The van der Waals surface area contributed by atoms with E-state index >= 15 is 0 Å². The van der Waals surface area contributed by atoms with Crippen LogP contribution in [-0.2, 0) is 10.0 Å². The molecule has 41 heavy (non-hydrogen) atoms. The fraction of sp³-hybridized carbons (Fsp3) is 0.0333. The van der Waals surface area contributed by atoms with Crippen molar-refractivity contribution in [2.45, 2.75) is 10.8 Å². The SMILES string of the molecule is O=C(O)c1cc(C(=O)O)cc(S(=O)(=O)Nc2cccc3ccc(C4C(=O)c5cc6ccccc6cc5C4=O)nc23)c1. The Balaban J connectivity index is 1.41. The van der Waals surface area contributed by atoms with Crippen molar-refractivity contribution in [3.05, 3.63) is 113 Å². The van der Waals surface area contributed by atoms with Gasteiger partial charge in [0.05, 0.1) is 32.9 Å². The second-order valence-electron chi connectivity index (χ2n) is 9.48. The van der Waals surface area contributed by atoms with Crippen LogP contribution in [0.1, 0.15) is 53.0 Å². The number of carboxylic acid groups (broad SMARTS) is 2. The largest absolute Gasteiger partial charge is 0.478 e. The maximum atomic E-state index is 13.4. The average Bonchev–Trinajstić information content (AvgIpc) is 3.19. The van der Waals surface area contributed by atoms with Crippen molar-refractivity contribution in [2.24, 2.45) is 0 Å². The van der Waals surface area contributed by atoms with Gasteiger partial charge >= 0.3 is 11.9 Å². The molecule has 0 spiro atoms. The second-order valence-corrected chi connectivity index (χ2v) is 11.2. The van der Waals surface area contributed by atoms with Crippen LogP contribution in [-0.4, -0.2) is 47.1 Å². The number of anilines is 1. The summed E-state index contributed by atoms with van der Waals surface area (Å²) in [5, 5.41) is 20.8. The molecule has 202 valence electrons. The fourth-order valence-corrected chi connectivity index (χ4v) is 6.09. The number of Topliss-reactive ketones (excluding diaryl/α,β-unsaturated/α-hetero) is 2. The number of benzene rings is 4. The highest BCUT2D eigenvalue weighted by Crippen LogP contribution is 2.37. The van der Waals surface area contributed by atoms with Crippen molar-refractivity contribution >= 4 is 60.9 Å². The molecule has 10 nitrogen and oxygen atoms in total. The molecule has 1 heterocycles. The Bertz CT molecular complexity index is 2020. The van der Waals surface area contributed by atoms with Crippen molar-refractivity contribution in [3.8, 4) is 0 Å². The van der Waals surface area contributed by atoms with Crippen LogP contribution in [0.15, 0.2) is 89.8 Å². The minimum absolute atomic E-state index is 0.0110. The maximum absolute atomic E-state index is 13.4. The molecule has 0 bridgehead atoms. The number of carbonyl (C=O) groups excluding carboxylic acids is 2. The molecule has 0 radical (unpaired) electrons. The zero-order chi connectivity index (χ0) is 29.1. The Kier molecular flexibility index (Phi) is 5.89. The van der Waals surface area contributed by atoms with Gasteiger partial charge in [-0.1, -0.05) is 42.5 Å². The number of nitrogens with zero attached hydrogens (tertiary/aromatic N) is 1. The average molecular weight is 567 g/mol. The number of pyridine rings is 1. The highest BCUT2D eigenvalue weighted by Gasteiger charge is 2.41. The molecule has 0 amide bonds. The lowest BCUT2D eigenvalue weighted by atomic mass is 9.98. The van der Waals surface area contributed by atoms with E-state index in [4.69, 9.17) is 0 Å². The zero-order valence-electron chi connectivity index (χ0n) is 20.9. The molecule has 0 fully saturated rings. The number of hydrogen-bond donors (Lipinski definition) is 3. The fourth-order valence-electron chi connectivity index (χ4n) is 4.96. The maximum Gasteiger partial charge on any atom is 0.335 e. The molecule has 1 aromatic heterocycles. The van der Waals surface area contributed by atoms with E-state index in [-0.39, 0.29) is 16.9 Å². The molecule has 6 rings (SSSR count). The Morgan fingerprint density at radius 1 is 0.707 bits per heavy atom. The molecular weight excluding hydrogens is 548 g/mol. The van der Waals surface area contributed by atoms with E-state index < -0.39 is 55.5 Å². The molecule has 0 saturated heterocycles. The summed E-state index contributed by atoms with van der Waals surface area (Å²) in [4.78, 5) is 53.7. The lowest BCUT2D eigenvalue weighted by Gasteiger charge is -2.13. The van der Waals surface area contributed by atoms with Crippen LogP contribution in [0.3, 0.4) is 0 Å². The number of ketones is 2. The molecule has 4 aromatic carbocycles. The Labute approximate surface area is 231 Å². The van der Waals surface area contributed by atoms with Crippen molar-refractivity contribution in [2.75, 3.05) is 4.72 Å². The predicted molar refractivity (Wildman–Crippen MR) is 148 cm³/mol. The van der Waals surface area contributed by atoms with Crippen LogP contribution in [0.25, 0.3) is 21.7 Å². The summed E-state index contributed by atoms with van der Waals surface area (Å²) in [6.45, 7) is 0. The summed E-state index contributed by atoms with van der Waals surface area (Å²) in [6, 6.07) is 21.1. The zero-order valence-corrected chi connectivity index (χ0v) is 21.7. The highest BCUT2D eigenvalue weighted by molar-refractivity contribution is 7.92. The molecule has 0 atom stereocenters. The molecule has 1 aliphatic carbocycles. The van der Waals surface area contributed by atoms with E-state index in [1.54, 1.807) is 36.4 Å². The Hall–Kier alpha value is -5.42. The first-order valence-corrected chi connectivity index (χ1v) is 13.7. The molecule has 0 unspecified atom stereocenters. The van der Waals surface area contributed by atoms with E-state index in [0.29, 0.717) is 16.5 Å². The van der Waals surface area contributed by atoms with Gasteiger partial charge in [0.2, 0.25) is 0 Å². The number of aromatic nitrogens is 1. The van der Waals surface area contributed by atoms with Crippen LogP contribution in [0, 0.1) is 0 Å². The van der Waals surface area contributed by atoms with Gasteiger partial charge in [0, 0.05) is 16.5 Å². The predicted octanol–water partition coefficient (Wildman–Crippen LogP) is 4.75. The normalized spacial score (nSPS) is 13.5. The van der Waals surface area contributed by atoms with Gasteiger partial charge in [0.25, 0.3) is 10.0 Å². The number of aromatic carboxylic acids is 2. The third kappa shape index (κ3) is 4.38. The quantitative estimate of drug-likeness (QED) is 0.246. The molecule has 3 N–H and O–H groups in total. The summed E-state index contributed by atoms with van der Waals surface area (Å²) in [6.07, 6.45) is 0. The number of carbonyl (C=O) groups is 4. The van der Waals surface area contributed by atoms with Gasteiger partial charge in [0.1, 0.15) is 5.92 Å². The number of fused-ring (bicyclic) bond motifs is 3. The highest BCUT2D eigenvalue weighted by atomic mass is 32.2. The lowest BCUT2D eigenvalue weighted by molar-refractivity contribution is 0.0695. The van der Waals surface area contributed by atoms with Crippen molar-refractivity contribution < 1.29 is 37.8 Å². The van der Waals surface area contributed by atoms with Gasteiger partial charge in [-0.05, 0) is 53.2 Å². The molecule has 1 aliphatic rings. The van der Waals surface area contributed by atoms with Crippen LogP contribution < -0.4 is 4.72 Å². The third-order valence-electron chi connectivity index (χ3n) is 6.93. The first-order chi connectivity index (χ1) is 19.5. The Morgan fingerprint density at radius 3 is 1.83 bits per heavy atom. The standard InChI is InChI=1S/C30H18N2O8S/c33-27-21-13-16-4-1-2-5-17(16)14-22(21)28(34)25(27)23-9-8-15-6-3-7-24(26(15)31-23)32-41(39,40)20-11-18(29(35)36)10-19(12-20)30(37)38/h1-14,25,32H,(H,35,36)(H,37,38). The van der Waals surface area contributed by atoms with Crippen molar-refractivity contribution in [1.29, 1.82) is 0 Å². The lowest BCUT2D eigenvalue weighted by Crippen LogP contribution is -2.17. The number of hydrogen-bond acceptors (Lipinski definition) is 7. The van der Waals surface area contributed by atoms with Crippen molar-refractivity contribution in [3.63, 3.8) is 0 Å². The summed E-state index contributed by atoms with van der Waals surface area (Å²) in [5.41, 5.74) is -0.181. The smallest absolute Gasteiger partial charge is 0.335 e. The second kappa shape index (κ2) is 9.35. The first-order valence-electron chi connectivity index (χ1n) is 12.2. The van der Waals surface area contributed by atoms with E-state index in [9.17, 15) is 37.8 Å². The van der Waals surface area contributed by atoms with E-state index in [1.807, 2.05) is 24.3 Å². The molecular formula is C30H18N2O8S. The molecule has 0 saturated carbocycles. The van der Waals surface area contributed by atoms with Crippen LogP contribution in [0.4, 0.5) is 5.69 Å². The Morgan fingerprint density at radius 2 is 1.27 bits per heavy atom. The summed E-state index contributed by atoms with van der Waals surface area (Å²) < 4.78 is 28.9. The number of sulfonamides is 1. The minimum Gasteiger partial charge on any atom is -0.478 e. The summed E-state index contributed by atoms with van der Waals surface area (Å²) in [5.74, 6) is -5.03. The van der Waals surface area contributed by atoms with Gasteiger partial charge in [-0.2, -0.15) is 0 Å². The first kappa shape index (κ1) is 25.8. The van der Waals surface area contributed by atoms with Crippen LogP contribution in [0.2, 0.25) is 0 Å². The van der Waals surface area contributed by atoms with E-state index in [1.165, 1.54) is 6.07 Å². The van der Waals surface area contributed by atoms with E-state index in [2.05, 4.69) is 9.71 Å². The molecule has 11 heteroatoms. The third-order valence-corrected chi connectivity index (χ3v) is 8.28.